The SMILES string of the molecule is COc1ccc(N2CCN(C(=O)NCc3ccccc3Cl)CC2)cc1. The number of anilines is 1. The van der Waals surface area contributed by atoms with Gasteiger partial charge in [0.15, 0.2) is 0 Å². The summed E-state index contributed by atoms with van der Waals surface area (Å²) in [4.78, 5) is 16.5. The number of hydrogen-bond donors (Lipinski definition) is 1. The average Bonchev–Trinajstić information content (AvgIpc) is 2.67. The number of hydrogen-bond acceptors (Lipinski definition) is 3. The number of urea groups is 1. The number of carbonyl (C=O) groups is 1. The lowest BCUT2D eigenvalue weighted by Gasteiger charge is -2.36. The van der Waals surface area contributed by atoms with Crippen molar-refractivity contribution in [2.45, 2.75) is 6.54 Å². The molecule has 132 valence electrons. The summed E-state index contributed by atoms with van der Waals surface area (Å²) in [5.41, 5.74) is 2.08. The number of ether oxygens (including phenoxy) is 1. The van der Waals surface area contributed by atoms with E-state index >= 15 is 0 Å². The Labute approximate surface area is 153 Å². The van der Waals surface area contributed by atoms with Crippen LogP contribution in [-0.2, 0) is 6.54 Å². The second-order valence-corrected chi connectivity index (χ2v) is 6.33. The second kappa shape index (κ2) is 8.12. The van der Waals surface area contributed by atoms with Crippen LogP contribution in [0.25, 0.3) is 0 Å². The fourth-order valence-corrected chi connectivity index (χ4v) is 3.09. The Balaban J connectivity index is 1.49. The number of methoxy groups -OCH3 is 1. The number of nitrogens with zero attached hydrogens (tertiary/aromatic N) is 2. The zero-order chi connectivity index (χ0) is 17.6. The van der Waals surface area contributed by atoms with E-state index in [1.165, 1.54) is 0 Å². The van der Waals surface area contributed by atoms with E-state index in [9.17, 15) is 4.79 Å². The highest BCUT2D eigenvalue weighted by molar-refractivity contribution is 6.31. The van der Waals surface area contributed by atoms with Gasteiger partial charge in [-0.05, 0) is 35.9 Å². The Morgan fingerprint density at radius 1 is 1.08 bits per heavy atom. The van der Waals surface area contributed by atoms with Crippen LogP contribution in [0.4, 0.5) is 10.5 Å². The minimum absolute atomic E-state index is 0.0469. The fourth-order valence-electron chi connectivity index (χ4n) is 2.89. The molecule has 0 atom stereocenters. The van der Waals surface area contributed by atoms with Gasteiger partial charge in [-0.1, -0.05) is 29.8 Å². The summed E-state index contributed by atoms with van der Waals surface area (Å²) in [5.74, 6) is 0.848. The zero-order valence-electron chi connectivity index (χ0n) is 14.2. The predicted molar refractivity (Wildman–Crippen MR) is 100 cm³/mol. The van der Waals surface area contributed by atoms with E-state index in [1.807, 2.05) is 53.4 Å². The van der Waals surface area contributed by atoms with Crippen molar-refractivity contribution in [1.29, 1.82) is 0 Å². The quantitative estimate of drug-likeness (QED) is 0.910. The van der Waals surface area contributed by atoms with Gasteiger partial charge in [-0.25, -0.2) is 4.79 Å². The first-order valence-electron chi connectivity index (χ1n) is 8.32. The maximum Gasteiger partial charge on any atom is 0.317 e. The number of nitrogens with one attached hydrogen (secondary N) is 1. The second-order valence-electron chi connectivity index (χ2n) is 5.92. The Hall–Kier alpha value is -2.40. The Bertz CT molecular complexity index is 713. The number of amides is 2. The summed E-state index contributed by atoms with van der Waals surface area (Å²) in [6.45, 7) is 3.45. The number of piperazine rings is 1. The molecule has 3 rings (SSSR count). The van der Waals surface area contributed by atoms with Crippen molar-refractivity contribution in [3.05, 3.63) is 59.1 Å². The highest BCUT2D eigenvalue weighted by Crippen LogP contribution is 2.20. The topological polar surface area (TPSA) is 44.8 Å². The standard InChI is InChI=1S/C19H22ClN3O2/c1-25-17-8-6-16(7-9-17)22-10-12-23(13-11-22)19(24)21-14-15-4-2-3-5-18(15)20/h2-9H,10-14H2,1H3,(H,21,24). The van der Waals surface area contributed by atoms with E-state index < -0.39 is 0 Å². The molecule has 2 aromatic carbocycles. The third kappa shape index (κ3) is 4.37. The first-order chi connectivity index (χ1) is 12.2. The Kier molecular flexibility index (Phi) is 5.66. The molecule has 1 N–H and O–H groups in total. The Morgan fingerprint density at radius 3 is 2.40 bits per heavy atom. The summed E-state index contributed by atoms with van der Waals surface area (Å²) in [5, 5.41) is 3.62. The van der Waals surface area contributed by atoms with Gasteiger partial charge in [0, 0.05) is 43.4 Å². The molecule has 0 bridgehead atoms. The van der Waals surface area contributed by atoms with E-state index in [-0.39, 0.29) is 6.03 Å². The number of halogens is 1. The van der Waals surface area contributed by atoms with E-state index in [2.05, 4.69) is 10.2 Å². The molecule has 1 saturated heterocycles. The molecule has 0 saturated carbocycles. The van der Waals surface area contributed by atoms with Gasteiger partial charge in [-0.3, -0.25) is 0 Å². The van der Waals surface area contributed by atoms with Crippen LogP contribution < -0.4 is 15.0 Å². The van der Waals surface area contributed by atoms with Crippen LogP contribution in [0.2, 0.25) is 5.02 Å². The molecule has 25 heavy (non-hydrogen) atoms. The first kappa shape index (κ1) is 17.4. The van der Waals surface area contributed by atoms with Crippen molar-refractivity contribution >= 4 is 23.3 Å². The van der Waals surface area contributed by atoms with E-state index in [1.54, 1.807) is 7.11 Å². The minimum Gasteiger partial charge on any atom is -0.497 e. The van der Waals surface area contributed by atoms with Crippen LogP contribution in [0, 0.1) is 0 Å². The lowest BCUT2D eigenvalue weighted by molar-refractivity contribution is 0.194. The van der Waals surface area contributed by atoms with Crippen LogP contribution in [0.5, 0.6) is 5.75 Å². The van der Waals surface area contributed by atoms with Crippen LogP contribution in [-0.4, -0.2) is 44.2 Å². The van der Waals surface area contributed by atoms with Crippen LogP contribution in [0.15, 0.2) is 48.5 Å². The predicted octanol–water partition coefficient (Wildman–Crippen LogP) is 3.38. The smallest absolute Gasteiger partial charge is 0.317 e. The summed E-state index contributed by atoms with van der Waals surface area (Å²) >= 11 is 6.12. The molecule has 0 aromatic heterocycles. The molecular weight excluding hydrogens is 338 g/mol. The van der Waals surface area contributed by atoms with Gasteiger partial charge < -0.3 is 19.9 Å². The molecule has 1 fully saturated rings. The van der Waals surface area contributed by atoms with E-state index in [0.29, 0.717) is 24.7 Å². The van der Waals surface area contributed by atoms with Crippen molar-refractivity contribution in [3.8, 4) is 5.75 Å². The number of benzene rings is 2. The molecule has 0 aliphatic carbocycles. The van der Waals surface area contributed by atoms with Crippen LogP contribution >= 0.6 is 11.6 Å². The Morgan fingerprint density at radius 2 is 1.76 bits per heavy atom. The van der Waals surface area contributed by atoms with Crippen molar-refractivity contribution < 1.29 is 9.53 Å². The summed E-state index contributed by atoms with van der Waals surface area (Å²) in [6.07, 6.45) is 0. The molecule has 2 aromatic rings. The highest BCUT2D eigenvalue weighted by Gasteiger charge is 2.21. The molecule has 0 radical (unpaired) electrons. The molecule has 1 aliphatic heterocycles. The van der Waals surface area contributed by atoms with Gasteiger partial charge in [0.2, 0.25) is 0 Å². The van der Waals surface area contributed by atoms with Crippen LogP contribution in [0.3, 0.4) is 0 Å². The summed E-state index contributed by atoms with van der Waals surface area (Å²) in [7, 11) is 1.66. The van der Waals surface area contributed by atoms with Crippen molar-refractivity contribution in [3.63, 3.8) is 0 Å². The molecule has 0 spiro atoms. The number of rotatable bonds is 4. The molecule has 0 unspecified atom stereocenters. The average molecular weight is 360 g/mol. The normalized spacial score (nSPS) is 14.3. The third-order valence-corrected chi connectivity index (χ3v) is 4.76. The van der Waals surface area contributed by atoms with Crippen molar-refractivity contribution in [2.75, 3.05) is 38.2 Å². The van der Waals surface area contributed by atoms with Gasteiger partial charge >= 0.3 is 6.03 Å². The van der Waals surface area contributed by atoms with Gasteiger partial charge in [-0.2, -0.15) is 0 Å². The third-order valence-electron chi connectivity index (χ3n) is 4.39. The van der Waals surface area contributed by atoms with Crippen molar-refractivity contribution in [2.24, 2.45) is 0 Å². The molecule has 1 aliphatic rings. The molecule has 6 heteroatoms. The van der Waals surface area contributed by atoms with E-state index in [4.69, 9.17) is 16.3 Å². The van der Waals surface area contributed by atoms with Gasteiger partial charge in [0.1, 0.15) is 5.75 Å². The van der Waals surface area contributed by atoms with Crippen LogP contribution in [0.1, 0.15) is 5.56 Å². The summed E-state index contributed by atoms with van der Waals surface area (Å²) in [6, 6.07) is 15.5. The molecular formula is C19H22ClN3O2. The summed E-state index contributed by atoms with van der Waals surface area (Å²) < 4.78 is 5.19. The highest BCUT2D eigenvalue weighted by atomic mass is 35.5. The largest absolute Gasteiger partial charge is 0.497 e. The number of carbonyl (C=O) groups excluding carboxylic acids is 1. The van der Waals surface area contributed by atoms with Gasteiger partial charge in [-0.15, -0.1) is 0 Å². The maximum atomic E-state index is 12.3. The lowest BCUT2D eigenvalue weighted by atomic mass is 10.2. The first-order valence-corrected chi connectivity index (χ1v) is 8.70. The maximum absolute atomic E-state index is 12.3. The zero-order valence-corrected chi connectivity index (χ0v) is 15.0. The molecule has 2 amide bonds. The van der Waals surface area contributed by atoms with Crippen molar-refractivity contribution in [1.82, 2.24) is 10.2 Å². The molecule has 5 nitrogen and oxygen atoms in total. The molecule has 1 heterocycles. The van der Waals surface area contributed by atoms with Gasteiger partial charge in [0.05, 0.1) is 7.11 Å². The monoisotopic (exact) mass is 359 g/mol. The fraction of sp³-hybridized carbons (Fsp3) is 0.316. The van der Waals surface area contributed by atoms with E-state index in [0.717, 1.165) is 30.1 Å². The lowest BCUT2D eigenvalue weighted by Crippen LogP contribution is -2.51. The van der Waals surface area contributed by atoms with Gasteiger partial charge in [0.25, 0.3) is 0 Å². The minimum atomic E-state index is -0.0469.